The molecule has 2 amide bonds. The lowest BCUT2D eigenvalue weighted by Crippen LogP contribution is -2.31. The van der Waals surface area contributed by atoms with Crippen molar-refractivity contribution >= 4 is 57.8 Å². The maximum absolute atomic E-state index is 13.3. The minimum Gasteiger partial charge on any atom is -0.495 e. The van der Waals surface area contributed by atoms with Gasteiger partial charge in [-0.15, -0.1) is 0 Å². The number of furan rings is 1. The van der Waals surface area contributed by atoms with Gasteiger partial charge in [0.25, 0.3) is 5.91 Å². The smallest absolute Gasteiger partial charge is 0.283 e. The molecule has 0 aliphatic carbocycles. The molecule has 0 saturated carbocycles. The zero-order valence-electron chi connectivity index (χ0n) is 19.0. The second-order valence-corrected chi connectivity index (χ2v) is 8.51. The van der Waals surface area contributed by atoms with Gasteiger partial charge in [-0.3, -0.25) is 14.5 Å². The Balaban J connectivity index is 1.56. The lowest BCUT2D eigenvalue weighted by molar-refractivity contribution is -0.114. The lowest BCUT2D eigenvalue weighted by atomic mass is 10.2. The van der Waals surface area contributed by atoms with Crippen molar-refractivity contribution in [3.63, 3.8) is 0 Å². The number of nitrogens with one attached hydrogen (secondary N) is 1. The molecule has 2 aromatic carbocycles. The Morgan fingerprint density at radius 2 is 2.03 bits per heavy atom. The summed E-state index contributed by atoms with van der Waals surface area (Å²) in [5.74, 6) is 0.926. The molecule has 0 fully saturated rings. The Morgan fingerprint density at radius 1 is 1.20 bits per heavy atom. The molecule has 1 aliphatic rings. The number of rotatable bonds is 8. The average molecular weight is 512 g/mol. The summed E-state index contributed by atoms with van der Waals surface area (Å²) < 4.78 is 16.1. The van der Waals surface area contributed by atoms with Gasteiger partial charge in [0, 0.05) is 6.08 Å². The molecule has 1 N–H and O–H groups in total. The number of amidine groups is 1. The number of para-hydroxylation sites is 2. The SMILES string of the molecule is CCOc1ccccc1NC(=O)CSC1=N/C(=C\c2ccco2)C(=O)N1c1ccc(OC)c(Cl)c1. The molecule has 2 heterocycles. The van der Waals surface area contributed by atoms with Gasteiger partial charge >= 0.3 is 0 Å². The van der Waals surface area contributed by atoms with E-state index < -0.39 is 0 Å². The van der Waals surface area contributed by atoms with Crippen molar-refractivity contribution in [2.75, 3.05) is 29.7 Å². The largest absolute Gasteiger partial charge is 0.495 e. The highest BCUT2D eigenvalue weighted by atomic mass is 35.5. The minimum atomic E-state index is -0.368. The van der Waals surface area contributed by atoms with Crippen LogP contribution in [0.25, 0.3) is 6.08 Å². The Kier molecular flexibility index (Phi) is 7.79. The summed E-state index contributed by atoms with van der Waals surface area (Å²) in [6, 6.07) is 15.6. The molecule has 0 atom stereocenters. The third kappa shape index (κ3) is 5.70. The van der Waals surface area contributed by atoms with Gasteiger partial charge in [0.05, 0.1) is 42.1 Å². The van der Waals surface area contributed by atoms with Crippen LogP contribution in [0, 0.1) is 0 Å². The molecule has 0 radical (unpaired) electrons. The van der Waals surface area contributed by atoms with Crippen molar-refractivity contribution in [3.8, 4) is 11.5 Å². The van der Waals surface area contributed by atoms with E-state index in [0.29, 0.717) is 45.4 Å². The third-order valence-electron chi connectivity index (χ3n) is 4.84. The van der Waals surface area contributed by atoms with Crippen molar-refractivity contribution in [1.82, 2.24) is 0 Å². The highest BCUT2D eigenvalue weighted by Crippen LogP contribution is 2.34. The number of halogens is 1. The molecule has 0 bridgehead atoms. The first-order valence-corrected chi connectivity index (χ1v) is 12.0. The zero-order valence-corrected chi connectivity index (χ0v) is 20.6. The number of hydrogen-bond acceptors (Lipinski definition) is 7. The van der Waals surface area contributed by atoms with E-state index in [1.165, 1.54) is 18.3 Å². The Bertz CT molecular complexity index is 1290. The Hall–Kier alpha value is -3.69. The number of benzene rings is 2. The minimum absolute atomic E-state index is 0.0149. The summed E-state index contributed by atoms with van der Waals surface area (Å²) in [6.45, 7) is 2.35. The van der Waals surface area contributed by atoms with Crippen LogP contribution in [-0.2, 0) is 9.59 Å². The first-order valence-electron chi connectivity index (χ1n) is 10.7. The van der Waals surface area contributed by atoms with E-state index in [1.54, 1.807) is 48.5 Å². The van der Waals surface area contributed by atoms with Crippen molar-refractivity contribution in [1.29, 1.82) is 0 Å². The Morgan fingerprint density at radius 3 is 2.74 bits per heavy atom. The lowest BCUT2D eigenvalue weighted by Gasteiger charge is -2.18. The van der Waals surface area contributed by atoms with Gasteiger partial charge in [0.15, 0.2) is 5.17 Å². The van der Waals surface area contributed by atoms with Gasteiger partial charge in [-0.25, -0.2) is 4.99 Å². The molecule has 3 aromatic rings. The predicted molar refractivity (Wildman–Crippen MR) is 138 cm³/mol. The van der Waals surface area contributed by atoms with E-state index >= 15 is 0 Å². The van der Waals surface area contributed by atoms with Crippen LogP contribution in [0.3, 0.4) is 0 Å². The Labute approximate surface area is 211 Å². The van der Waals surface area contributed by atoms with Crippen LogP contribution in [-0.4, -0.2) is 36.5 Å². The molecule has 0 saturated heterocycles. The van der Waals surface area contributed by atoms with Gasteiger partial charge < -0.3 is 19.2 Å². The normalized spacial score (nSPS) is 14.3. The summed E-state index contributed by atoms with van der Waals surface area (Å²) in [5.41, 5.74) is 1.25. The molecule has 0 spiro atoms. The quantitative estimate of drug-likeness (QED) is 0.404. The van der Waals surface area contributed by atoms with Crippen molar-refractivity contribution in [2.45, 2.75) is 6.92 Å². The number of nitrogens with zero attached hydrogens (tertiary/aromatic N) is 2. The van der Waals surface area contributed by atoms with E-state index in [9.17, 15) is 9.59 Å². The molecule has 0 unspecified atom stereocenters. The molecule has 1 aromatic heterocycles. The highest BCUT2D eigenvalue weighted by molar-refractivity contribution is 8.14. The summed E-state index contributed by atoms with van der Waals surface area (Å²) in [4.78, 5) is 31.9. The van der Waals surface area contributed by atoms with Crippen LogP contribution in [0.4, 0.5) is 11.4 Å². The first kappa shape index (κ1) is 24.4. The number of carbonyl (C=O) groups is 2. The average Bonchev–Trinajstić information content (AvgIpc) is 3.47. The van der Waals surface area contributed by atoms with E-state index in [4.69, 9.17) is 25.5 Å². The first-order chi connectivity index (χ1) is 17.0. The second-order valence-electron chi connectivity index (χ2n) is 7.16. The van der Waals surface area contributed by atoms with Crippen molar-refractivity contribution in [2.24, 2.45) is 4.99 Å². The number of hydrogen-bond donors (Lipinski definition) is 1. The van der Waals surface area contributed by atoms with Gasteiger partial charge in [-0.1, -0.05) is 35.5 Å². The molecule has 10 heteroatoms. The number of carbonyl (C=O) groups excluding carboxylic acids is 2. The van der Waals surface area contributed by atoms with Crippen LogP contribution in [0.5, 0.6) is 11.5 Å². The third-order valence-corrected chi connectivity index (χ3v) is 6.07. The van der Waals surface area contributed by atoms with E-state index in [0.717, 1.165) is 11.8 Å². The summed E-state index contributed by atoms with van der Waals surface area (Å²) in [5, 5.41) is 3.53. The fraction of sp³-hybridized carbons (Fsp3) is 0.160. The van der Waals surface area contributed by atoms with Gasteiger partial charge in [-0.2, -0.15) is 0 Å². The van der Waals surface area contributed by atoms with E-state index in [-0.39, 0.29) is 23.3 Å². The van der Waals surface area contributed by atoms with Gasteiger partial charge in [0.1, 0.15) is 23.0 Å². The van der Waals surface area contributed by atoms with Crippen molar-refractivity contribution in [3.05, 3.63) is 77.3 Å². The zero-order chi connectivity index (χ0) is 24.8. The number of anilines is 2. The summed E-state index contributed by atoms with van der Waals surface area (Å²) in [7, 11) is 1.51. The maximum atomic E-state index is 13.3. The monoisotopic (exact) mass is 511 g/mol. The molecule has 1 aliphatic heterocycles. The number of aliphatic imine (C=N–C) groups is 1. The molecule has 4 rings (SSSR count). The number of thioether (sulfide) groups is 1. The molecule has 180 valence electrons. The van der Waals surface area contributed by atoms with E-state index in [1.807, 2.05) is 19.1 Å². The van der Waals surface area contributed by atoms with Crippen LogP contribution in [0.1, 0.15) is 12.7 Å². The summed E-state index contributed by atoms with van der Waals surface area (Å²) in [6.07, 6.45) is 3.06. The second kappa shape index (κ2) is 11.2. The standard InChI is InChI=1S/C25H22ClN3O5S/c1-3-33-22-9-5-4-8-19(22)27-23(30)15-35-25-28-20(14-17-7-6-12-34-17)24(31)29(25)16-10-11-21(32-2)18(26)13-16/h4-14H,3,15H2,1-2H3,(H,27,30)/b20-14-. The number of ether oxygens (including phenoxy) is 2. The van der Waals surface area contributed by atoms with Crippen LogP contribution in [0.15, 0.2) is 76.0 Å². The number of methoxy groups -OCH3 is 1. The molecular weight excluding hydrogens is 490 g/mol. The van der Waals surface area contributed by atoms with Gasteiger partial charge in [0.2, 0.25) is 5.91 Å². The fourth-order valence-electron chi connectivity index (χ4n) is 3.29. The molecule has 35 heavy (non-hydrogen) atoms. The molecule has 8 nitrogen and oxygen atoms in total. The van der Waals surface area contributed by atoms with Crippen molar-refractivity contribution < 1.29 is 23.5 Å². The van der Waals surface area contributed by atoms with Crippen LogP contribution in [0.2, 0.25) is 5.02 Å². The summed E-state index contributed by atoms with van der Waals surface area (Å²) >= 11 is 7.42. The predicted octanol–water partition coefficient (Wildman–Crippen LogP) is 5.46. The topological polar surface area (TPSA) is 93.4 Å². The van der Waals surface area contributed by atoms with Crippen LogP contribution >= 0.6 is 23.4 Å². The van der Waals surface area contributed by atoms with Crippen LogP contribution < -0.4 is 19.7 Å². The maximum Gasteiger partial charge on any atom is 0.283 e. The molecular formula is C25H22ClN3O5S. The highest BCUT2D eigenvalue weighted by Gasteiger charge is 2.33. The number of amides is 2. The van der Waals surface area contributed by atoms with E-state index in [2.05, 4.69) is 10.3 Å². The fourth-order valence-corrected chi connectivity index (χ4v) is 4.36. The van der Waals surface area contributed by atoms with Gasteiger partial charge in [-0.05, 0) is 49.4 Å².